The molecule has 0 unspecified atom stereocenters. The minimum atomic E-state index is -0.568. The third-order valence-electron chi connectivity index (χ3n) is 5.81. The fourth-order valence-electron chi connectivity index (χ4n) is 3.99. The maximum Gasteiger partial charge on any atom is 0.265 e. The second-order valence-corrected chi connectivity index (χ2v) is 8.06. The number of pyridine rings is 1. The van der Waals surface area contributed by atoms with Crippen molar-refractivity contribution in [1.29, 1.82) is 0 Å². The summed E-state index contributed by atoms with van der Waals surface area (Å²) in [7, 11) is 3.15. The van der Waals surface area contributed by atoms with Gasteiger partial charge in [-0.2, -0.15) is 0 Å². The molecule has 8 nitrogen and oxygen atoms in total. The molecule has 35 heavy (non-hydrogen) atoms. The number of fused-ring (bicyclic) bond motifs is 2. The number of rotatable bonds is 5. The molecule has 1 aliphatic rings. The Morgan fingerprint density at radius 2 is 1.80 bits per heavy atom. The Balaban J connectivity index is 1.52. The lowest BCUT2D eigenvalue weighted by Crippen LogP contribution is -2.34. The van der Waals surface area contributed by atoms with E-state index in [-0.39, 0.29) is 11.8 Å². The molecule has 5 rings (SSSR count). The zero-order valence-electron chi connectivity index (χ0n) is 19.4. The van der Waals surface area contributed by atoms with E-state index < -0.39 is 6.10 Å². The third kappa shape index (κ3) is 4.21. The van der Waals surface area contributed by atoms with E-state index in [0.717, 1.165) is 10.9 Å². The molecule has 0 saturated heterocycles. The fourth-order valence-corrected chi connectivity index (χ4v) is 3.99. The van der Waals surface area contributed by atoms with Gasteiger partial charge in [-0.05, 0) is 55.5 Å². The van der Waals surface area contributed by atoms with Crippen LogP contribution >= 0.6 is 0 Å². The lowest BCUT2D eigenvalue weighted by Gasteiger charge is -2.23. The van der Waals surface area contributed by atoms with Gasteiger partial charge in [0.2, 0.25) is 0 Å². The average Bonchev–Trinajstić information content (AvgIpc) is 2.88. The van der Waals surface area contributed by atoms with Crippen LogP contribution in [-0.4, -0.2) is 37.1 Å². The zero-order valence-corrected chi connectivity index (χ0v) is 19.4. The molecule has 1 aromatic heterocycles. The summed E-state index contributed by atoms with van der Waals surface area (Å²) in [6, 6.07) is 19.8. The first-order valence-corrected chi connectivity index (χ1v) is 11.0. The first-order valence-electron chi connectivity index (χ1n) is 11.0. The van der Waals surface area contributed by atoms with Gasteiger partial charge in [0.15, 0.2) is 17.6 Å². The summed E-state index contributed by atoms with van der Waals surface area (Å²) >= 11 is 0. The monoisotopic (exact) mass is 469 g/mol. The molecule has 0 spiro atoms. The SMILES string of the molecule is COc1ccc(-c2cc(C(=O)Nc3ccc4c(c3)NC(=O)[C@H](C)O4)c3ccccc3n2)cc1OC. The molecule has 2 heterocycles. The van der Waals surface area contributed by atoms with Crippen molar-refractivity contribution >= 4 is 34.1 Å². The first-order chi connectivity index (χ1) is 17.0. The number of anilines is 2. The maximum absolute atomic E-state index is 13.4. The highest BCUT2D eigenvalue weighted by molar-refractivity contribution is 6.13. The third-order valence-corrected chi connectivity index (χ3v) is 5.81. The van der Waals surface area contributed by atoms with E-state index in [2.05, 4.69) is 10.6 Å². The summed E-state index contributed by atoms with van der Waals surface area (Å²) in [6.45, 7) is 1.68. The summed E-state index contributed by atoms with van der Waals surface area (Å²) in [6.07, 6.45) is -0.568. The van der Waals surface area contributed by atoms with E-state index >= 15 is 0 Å². The molecule has 0 radical (unpaired) electrons. The summed E-state index contributed by atoms with van der Waals surface area (Å²) in [5, 5.41) is 6.44. The van der Waals surface area contributed by atoms with Crippen molar-refractivity contribution in [3.05, 3.63) is 72.3 Å². The minimum absolute atomic E-state index is 0.235. The summed E-state index contributed by atoms with van der Waals surface area (Å²) in [5.41, 5.74) is 3.59. The van der Waals surface area contributed by atoms with Gasteiger partial charge in [-0.1, -0.05) is 18.2 Å². The van der Waals surface area contributed by atoms with Crippen LogP contribution in [-0.2, 0) is 4.79 Å². The summed E-state index contributed by atoms with van der Waals surface area (Å²) < 4.78 is 16.4. The second kappa shape index (κ2) is 8.98. The largest absolute Gasteiger partial charge is 0.493 e. The smallest absolute Gasteiger partial charge is 0.265 e. The Bertz CT molecular complexity index is 1470. The first kappa shape index (κ1) is 22.2. The number of ether oxygens (including phenoxy) is 3. The number of nitrogens with one attached hydrogen (secondary N) is 2. The van der Waals surface area contributed by atoms with Crippen molar-refractivity contribution < 1.29 is 23.8 Å². The van der Waals surface area contributed by atoms with Crippen LogP contribution in [0.25, 0.3) is 22.2 Å². The molecule has 3 aromatic carbocycles. The predicted octanol–water partition coefficient (Wildman–Crippen LogP) is 4.89. The summed E-state index contributed by atoms with van der Waals surface area (Å²) in [4.78, 5) is 30.1. The van der Waals surface area contributed by atoms with Gasteiger partial charge in [0.05, 0.1) is 36.7 Å². The number of para-hydroxylation sites is 1. The molecule has 1 aliphatic heterocycles. The van der Waals surface area contributed by atoms with Crippen LogP contribution in [0.4, 0.5) is 11.4 Å². The van der Waals surface area contributed by atoms with Crippen molar-refractivity contribution in [3.8, 4) is 28.5 Å². The lowest BCUT2D eigenvalue weighted by molar-refractivity contribution is -0.122. The maximum atomic E-state index is 13.4. The quantitative estimate of drug-likeness (QED) is 0.432. The highest BCUT2D eigenvalue weighted by atomic mass is 16.5. The van der Waals surface area contributed by atoms with E-state index in [9.17, 15) is 9.59 Å². The van der Waals surface area contributed by atoms with E-state index in [1.807, 2.05) is 36.4 Å². The van der Waals surface area contributed by atoms with Crippen LogP contribution < -0.4 is 24.8 Å². The number of carbonyl (C=O) groups is 2. The molecule has 176 valence electrons. The van der Waals surface area contributed by atoms with E-state index in [4.69, 9.17) is 19.2 Å². The lowest BCUT2D eigenvalue weighted by atomic mass is 10.0. The van der Waals surface area contributed by atoms with Crippen molar-refractivity contribution in [2.75, 3.05) is 24.9 Å². The minimum Gasteiger partial charge on any atom is -0.493 e. The van der Waals surface area contributed by atoms with Crippen LogP contribution in [0.2, 0.25) is 0 Å². The number of hydrogen-bond donors (Lipinski definition) is 2. The average molecular weight is 469 g/mol. The van der Waals surface area contributed by atoms with Crippen molar-refractivity contribution in [1.82, 2.24) is 4.98 Å². The molecule has 0 aliphatic carbocycles. The van der Waals surface area contributed by atoms with E-state index in [0.29, 0.717) is 45.4 Å². The Kier molecular flexibility index (Phi) is 5.70. The molecule has 0 fully saturated rings. The van der Waals surface area contributed by atoms with Crippen LogP contribution in [0.5, 0.6) is 17.2 Å². The molecule has 8 heteroatoms. The Hall–Kier alpha value is -4.59. The Labute approximate surface area is 201 Å². The number of carbonyl (C=O) groups excluding carboxylic acids is 2. The number of amides is 2. The predicted molar refractivity (Wildman–Crippen MR) is 133 cm³/mol. The molecule has 1 atom stereocenters. The molecule has 2 N–H and O–H groups in total. The van der Waals surface area contributed by atoms with Crippen molar-refractivity contribution in [2.24, 2.45) is 0 Å². The molecular weight excluding hydrogens is 446 g/mol. The van der Waals surface area contributed by atoms with E-state index in [1.165, 1.54) is 0 Å². The molecule has 4 aromatic rings. The van der Waals surface area contributed by atoms with Crippen molar-refractivity contribution in [2.45, 2.75) is 13.0 Å². The van der Waals surface area contributed by atoms with Gasteiger partial charge in [0.1, 0.15) is 5.75 Å². The van der Waals surface area contributed by atoms with Crippen LogP contribution in [0.3, 0.4) is 0 Å². The highest BCUT2D eigenvalue weighted by Crippen LogP contribution is 2.34. The number of aromatic nitrogens is 1. The van der Waals surface area contributed by atoms with Gasteiger partial charge in [-0.3, -0.25) is 9.59 Å². The second-order valence-electron chi connectivity index (χ2n) is 8.06. The zero-order chi connectivity index (χ0) is 24.5. The van der Waals surface area contributed by atoms with Crippen LogP contribution in [0.15, 0.2) is 66.7 Å². The number of hydrogen-bond acceptors (Lipinski definition) is 6. The van der Waals surface area contributed by atoms with Crippen LogP contribution in [0, 0.1) is 0 Å². The van der Waals surface area contributed by atoms with Gasteiger partial charge in [0, 0.05) is 16.6 Å². The Morgan fingerprint density at radius 3 is 2.60 bits per heavy atom. The molecule has 0 bridgehead atoms. The van der Waals surface area contributed by atoms with Crippen LogP contribution in [0.1, 0.15) is 17.3 Å². The Morgan fingerprint density at radius 1 is 1.00 bits per heavy atom. The molecular formula is C27H23N3O5. The van der Waals surface area contributed by atoms with Gasteiger partial charge in [0.25, 0.3) is 11.8 Å². The number of benzene rings is 3. The van der Waals surface area contributed by atoms with Gasteiger partial charge < -0.3 is 24.8 Å². The van der Waals surface area contributed by atoms with Gasteiger partial charge in [-0.15, -0.1) is 0 Å². The number of methoxy groups -OCH3 is 2. The highest BCUT2D eigenvalue weighted by Gasteiger charge is 2.24. The fraction of sp³-hybridized carbons (Fsp3) is 0.148. The number of nitrogens with zero attached hydrogens (tertiary/aromatic N) is 1. The molecule has 2 amide bonds. The normalized spacial score (nSPS) is 14.5. The standard InChI is InChI=1S/C27H23N3O5/c1-15-26(31)30-22-13-17(9-11-23(22)35-15)28-27(32)19-14-21(29-20-7-5-4-6-18(19)20)16-8-10-24(33-2)25(12-16)34-3/h4-15H,1-3H3,(H,28,32)(H,30,31)/t15-/m0/s1. The molecule has 0 saturated carbocycles. The topological polar surface area (TPSA) is 98.8 Å². The van der Waals surface area contributed by atoms with E-state index in [1.54, 1.807) is 51.5 Å². The van der Waals surface area contributed by atoms with Gasteiger partial charge in [-0.25, -0.2) is 4.98 Å². The summed E-state index contributed by atoms with van der Waals surface area (Å²) in [5.74, 6) is 1.19. The van der Waals surface area contributed by atoms with Crippen molar-refractivity contribution in [3.63, 3.8) is 0 Å². The van der Waals surface area contributed by atoms with Gasteiger partial charge >= 0.3 is 0 Å².